The highest BCUT2D eigenvalue weighted by Gasteiger charge is 2.22. The Balaban J connectivity index is 2.01. The summed E-state index contributed by atoms with van der Waals surface area (Å²) >= 11 is 0. The maximum Gasteiger partial charge on any atom is 0.0994 e. The predicted octanol–water partition coefficient (Wildman–Crippen LogP) is 1.56. The lowest BCUT2D eigenvalue weighted by molar-refractivity contribution is 0.435. The molecule has 0 unspecified atom stereocenters. The van der Waals surface area contributed by atoms with Gasteiger partial charge in [-0.2, -0.15) is 0 Å². The fourth-order valence-electron chi connectivity index (χ4n) is 1.91. The SMILES string of the molecule is c1ccc(-n2cncc2C2CNC2)cc1. The molecule has 1 aliphatic rings. The quantitative estimate of drug-likeness (QED) is 0.795. The van der Waals surface area contributed by atoms with Gasteiger partial charge in [-0.3, -0.25) is 0 Å². The first-order valence-corrected chi connectivity index (χ1v) is 5.23. The standard InChI is InChI=1S/C12H13N3/c1-2-4-11(5-3-1)15-9-14-8-12(15)10-6-13-7-10/h1-5,8-10,13H,6-7H2. The van der Waals surface area contributed by atoms with E-state index in [9.17, 15) is 0 Å². The van der Waals surface area contributed by atoms with Crippen molar-refractivity contribution in [2.75, 3.05) is 13.1 Å². The lowest BCUT2D eigenvalue weighted by atomic mass is 10.00. The number of hydrogen-bond donors (Lipinski definition) is 1. The zero-order valence-corrected chi connectivity index (χ0v) is 8.43. The fourth-order valence-corrected chi connectivity index (χ4v) is 1.91. The molecule has 76 valence electrons. The molecule has 15 heavy (non-hydrogen) atoms. The molecule has 1 N–H and O–H groups in total. The molecule has 1 fully saturated rings. The molecular formula is C12H13N3. The highest BCUT2D eigenvalue weighted by atomic mass is 15.1. The third kappa shape index (κ3) is 1.45. The van der Waals surface area contributed by atoms with Gasteiger partial charge in [0.05, 0.1) is 6.33 Å². The van der Waals surface area contributed by atoms with Crippen molar-refractivity contribution in [2.24, 2.45) is 0 Å². The topological polar surface area (TPSA) is 29.9 Å². The Labute approximate surface area is 88.8 Å². The number of rotatable bonds is 2. The van der Waals surface area contributed by atoms with Gasteiger partial charge in [-0.1, -0.05) is 18.2 Å². The van der Waals surface area contributed by atoms with Gasteiger partial charge < -0.3 is 9.88 Å². The summed E-state index contributed by atoms with van der Waals surface area (Å²) < 4.78 is 2.17. The van der Waals surface area contributed by atoms with E-state index in [1.807, 2.05) is 18.6 Å². The van der Waals surface area contributed by atoms with Gasteiger partial charge in [-0.25, -0.2) is 4.98 Å². The van der Waals surface area contributed by atoms with Crippen LogP contribution < -0.4 is 5.32 Å². The fraction of sp³-hybridized carbons (Fsp3) is 0.250. The number of imidazole rings is 1. The van der Waals surface area contributed by atoms with E-state index in [2.05, 4.69) is 39.1 Å². The Morgan fingerprint density at radius 1 is 1.20 bits per heavy atom. The zero-order valence-electron chi connectivity index (χ0n) is 8.43. The Morgan fingerprint density at radius 3 is 2.67 bits per heavy atom. The van der Waals surface area contributed by atoms with Crippen molar-refractivity contribution in [2.45, 2.75) is 5.92 Å². The number of benzene rings is 1. The summed E-state index contributed by atoms with van der Waals surface area (Å²) in [5, 5.41) is 3.29. The van der Waals surface area contributed by atoms with Gasteiger partial charge >= 0.3 is 0 Å². The van der Waals surface area contributed by atoms with Crippen LogP contribution in [0.25, 0.3) is 5.69 Å². The first-order chi connectivity index (χ1) is 7.45. The minimum absolute atomic E-state index is 0.618. The molecule has 2 aromatic rings. The molecule has 0 saturated carbocycles. The third-order valence-electron chi connectivity index (χ3n) is 2.90. The van der Waals surface area contributed by atoms with E-state index in [1.165, 1.54) is 11.4 Å². The van der Waals surface area contributed by atoms with Gasteiger partial charge in [0.1, 0.15) is 0 Å². The van der Waals surface area contributed by atoms with Crippen molar-refractivity contribution in [1.82, 2.24) is 14.9 Å². The van der Waals surface area contributed by atoms with E-state index in [-0.39, 0.29) is 0 Å². The van der Waals surface area contributed by atoms with Crippen molar-refractivity contribution >= 4 is 0 Å². The number of nitrogens with zero attached hydrogens (tertiary/aromatic N) is 2. The molecule has 0 atom stereocenters. The molecule has 2 heterocycles. The highest BCUT2D eigenvalue weighted by molar-refractivity contribution is 5.34. The highest BCUT2D eigenvalue weighted by Crippen LogP contribution is 2.22. The molecule has 3 heteroatoms. The summed E-state index contributed by atoms with van der Waals surface area (Å²) in [5.41, 5.74) is 2.50. The molecule has 0 aliphatic carbocycles. The van der Waals surface area contributed by atoms with Crippen molar-refractivity contribution in [3.8, 4) is 5.69 Å². The Bertz CT molecular complexity index is 443. The summed E-state index contributed by atoms with van der Waals surface area (Å²) in [6.45, 7) is 2.14. The van der Waals surface area contributed by atoms with E-state index < -0.39 is 0 Å². The molecule has 0 amide bonds. The molecule has 1 aromatic heterocycles. The lowest BCUT2D eigenvalue weighted by Gasteiger charge is -2.27. The molecule has 0 spiro atoms. The minimum atomic E-state index is 0.618. The number of aromatic nitrogens is 2. The van der Waals surface area contributed by atoms with Crippen LogP contribution in [0, 0.1) is 0 Å². The first kappa shape index (κ1) is 8.68. The largest absolute Gasteiger partial charge is 0.315 e. The zero-order chi connectivity index (χ0) is 10.1. The Hall–Kier alpha value is -1.61. The van der Waals surface area contributed by atoms with E-state index >= 15 is 0 Å². The molecule has 3 nitrogen and oxygen atoms in total. The Kier molecular flexibility index (Phi) is 2.03. The van der Waals surface area contributed by atoms with Crippen LogP contribution in [0.3, 0.4) is 0 Å². The summed E-state index contributed by atoms with van der Waals surface area (Å²) in [6, 6.07) is 10.4. The summed E-state index contributed by atoms with van der Waals surface area (Å²) in [5.74, 6) is 0.618. The molecule has 1 saturated heterocycles. The third-order valence-corrected chi connectivity index (χ3v) is 2.90. The van der Waals surface area contributed by atoms with E-state index in [4.69, 9.17) is 0 Å². The van der Waals surface area contributed by atoms with Gasteiger partial charge in [-0.05, 0) is 12.1 Å². The predicted molar refractivity (Wildman–Crippen MR) is 59.2 cm³/mol. The normalized spacial score (nSPS) is 16.3. The van der Waals surface area contributed by atoms with Crippen molar-refractivity contribution in [3.63, 3.8) is 0 Å². The smallest absolute Gasteiger partial charge is 0.0994 e. The van der Waals surface area contributed by atoms with E-state index in [0.29, 0.717) is 5.92 Å². The van der Waals surface area contributed by atoms with Crippen LogP contribution in [-0.4, -0.2) is 22.6 Å². The van der Waals surface area contributed by atoms with Crippen LogP contribution >= 0.6 is 0 Å². The molecule has 0 radical (unpaired) electrons. The average molecular weight is 199 g/mol. The van der Waals surface area contributed by atoms with Gasteiger partial charge in [-0.15, -0.1) is 0 Å². The molecule has 3 rings (SSSR count). The summed E-state index contributed by atoms with van der Waals surface area (Å²) in [7, 11) is 0. The van der Waals surface area contributed by atoms with E-state index in [1.54, 1.807) is 0 Å². The average Bonchev–Trinajstić information content (AvgIpc) is 2.65. The van der Waals surface area contributed by atoms with Gasteiger partial charge in [0, 0.05) is 36.6 Å². The summed E-state index contributed by atoms with van der Waals surface area (Å²) in [4.78, 5) is 4.24. The lowest BCUT2D eigenvalue weighted by Crippen LogP contribution is -2.40. The molecule has 1 aromatic carbocycles. The maximum absolute atomic E-state index is 4.24. The maximum atomic E-state index is 4.24. The van der Waals surface area contributed by atoms with Crippen molar-refractivity contribution < 1.29 is 0 Å². The molecular weight excluding hydrogens is 186 g/mol. The van der Waals surface area contributed by atoms with Crippen LogP contribution in [-0.2, 0) is 0 Å². The minimum Gasteiger partial charge on any atom is -0.315 e. The molecule has 0 bridgehead atoms. The van der Waals surface area contributed by atoms with Crippen molar-refractivity contribution in [3.05, 3.63) is 48.5 Å². The number of nitrogens with one attached hydrogen (secondary N) is 1. The van der Waals surface area contributed by atoms with Crippen LogP contribution in [0.2, 0.25) is 0 Å². The van der Waals surface area contributed by atoms with Crippen LogP contribution in [0.4, 0.5) is 0 Å². The van der Waals surface area contributed by atoms with Crippen LogP contribution in [0.1, 0.15) is 11.6 Å². The van der Waals surface area contributed by atoms with Gasteiger partial charge in [0.2, 0.25) is 0 Å². The van der Waals surface area contributed by atoms with Crippen LogP contribution in [0.5, 0.6) is 0 Å². The van der Waals surface area contributed by atoms with Crippen molar-refractivity contribution in [1.29, 1.82) is 0 Å². The first-order valence-electron chi connectivity index (χ1n) is 5.23. The second-order valence-electron chi connectivity index (χ2n) is 3.88. The molecule has 1 aliphatic heterocycles. The number of para-hydroxylation sites is 1. The van der Waals surface area contributed by atoms with Gasteiger partial charge in [0.15, 0.2) is 0 Å². The second kappa shape index (κ2) is 3.51. The number of hydrogen-bond acceptors (Lipinski definition) is 2. The second-order valence-corrected chi connectivity index (χ2v) is 3.88. The van der Waals surface area contributed by atoms with E-state index in [0.717, 1.165) is 13.1 Å². The monoisotopic (exact) mass is 199 g/mol. The Morgan fingerprint density at radius 2 is 2.00 bits per heavy atom. The van der Waals surface area contributed by atoms with Crippen LogP contribution in [0.15, 0.2) is 42.9 Å². The summed E-state index contributed by atoms with van der Waals surface area (Å²) in [6.07, 6.45) is 3.86. The van der Waals surface area contributed by atoms with Gasteiger partial charge in [0.25, 0.3) is 0 Å².